The first-order valence-corrected chi connectivity index (χ1v) is 15.2. The highest BCUT2D eigenvalue weighted by Crippen LogP contribution is 2.37. The van der Waals surface area contributed by atoms with E-state index in [1.54, 1.807) is 11.0 Å². The zero-order chi connectivity index (χ0) is 31.3. The fourth-order valence-electron chi connectivity index (χ4n) is 6.44. The maximum Gasteiger partial charge on any atom is 0.410 e. The van der Waals surface area contributed by atoms with Crippen molar-refractivity contribution in [3.05, 3.63) is 64.3 Å². The van der Waals surface area contributed by atoms with Gasteiger partial charge in [-0.1, -0.05) is 23.7 Å². The lowest BCUT2D eigenvalue weighted by atomic mass is 10.1. The Bertz CT molecular complexity index is 1580. The number of ether oxygens (including phenoxy) is 1. The van der Waals surface area contributed by atoms with E-state index in [4.69, 9.17) is 16.3 Å². The summed E-state index contributed by atoms with van der Waals surface area (Å²) in [6.07, 6.45) is 3.13. The van der Waals surface area contributed by atoms with Gasteiger partial charge in [0.2, 0.25) is 5.95 Å². The third-order valence-electron chi connectivity index (χ3n) is 8.35. The minimum atomic E-state index is -0.538. The fraction of sp³-hybridized carbons (Fsp3) is 0.438. The third kappa shape index (κ3) is 5.61. The number of nitrogens with one attached hydrogen (secondary N) is 1. The van der Waals surface area contributed by atoms with Crippen LogP contribution in [0.25, 0.3) is 0 Å². The number of aryl methyl sites for hydroxylation is 1. The molecule has 0 aliphatic carbocycles. The standard InChI is InChI=1S/C32H38ClN7O4/c1-19-7-6-8-25(33)27(19)39-18-37(5)28-24(29(39)42)14-34-30(36-28)35-21-9-12-26(20(13-21)17-41)38-15-22-10-11-23(16-38)40(22)31(43)44-32(2,3)4/h6-9,12-14,22-23,41H,10-11,15-18H2,1-5H3,(H,34,35,36). The van der Waals surface area contributed by atoms with Gasteiger partial charge in [-0.05, 0) is 70.4 Å². The van der Waals surface area contributed by atoms with Crippen LogP contribution in [0.4, 0.5) is 33.6 Å². The van der Waals surface area contributed by atoms with Gasteiger partial charge >= 0.3 is 6.09 Å². The molecule has 2 saturated heterocycles. The second-order valence-electron chi connectivity index (χ2n) is 12.7. The van der Waals surface area contributed by atoms with Gasteiger partial charge in [-0.3, -0.25) is 14.6 Å². The number of amides is 2. The number of halogens is 1. The minimum Gasteiger partial charge on any atom is -0.444 e. The molecule has 1 aromatic heterocycles. The molecule has 12 heteroatoms. The molecular formula is C32H38ClN7O4. The van der Waals surface area contributed by atoms with Crippen molar-refractivity contribution in [1.29, 1.82) is 0 Å². The quantitative estimate of drug-likeness (QED) is 0.392. The van der Waals surface area contributed by atoms with Gasteiger partial charge < -0.3 is 25.0 Å². The highest BCUT2D eigenvalue weighted by atomic mass is 35.5. The van der Waals surface area contributed by atoms with Crippen LogP contribution in [0.15, 0.2) is 42.6 Å². The largest absolute Gasteiger partial charge is 0.444 e. The van der Waals surface area contributed by atoms with Crippen LogP contribution in [0.5, 0.6) is 0 Å². The Balaban J connectivity index is 1.18. The number of hydrogen-bond acceptors (Lipinski definition) is 9. The number of carbonyl (C=O) groups is 2. The topological polar surface area (TPSA) is 114 Å². The molecule has 2 bridgehead atoms. The maximum atomic E-state index is 13.5. The van der Waals surface area contributed by atoms with Crippen LogP contribution in [0.2, 0.25) is 5.02 Å². The van der Waals surface area contributed by atoms with Gasteiger partial charge in [0, 0.05) is 43.3 Å². The van der Waals surface area contributed by atoms with Crippen LogP contribution in [0.1, 0.15) is 55.1 Å². The molecule has 2 atom stereocenters. The molecule has 44 heavy (non-hydrogen) atoms. The van der Waals surface area contributed by atoms with Crippen LogP contribution in [0.3, 0.4) is 0 Å². The van der Waals surface area contributed by atoms with Crippen LogP contribution < -0.4 is 20.0 Å². The molecular weight excluding hydrogens is 582 g/mol. The summed E-state index contributed by atoms with van der Waals surface area (Å²) < 4.78 is 5.68. The van der Waals surface area contributed by atoms with Crippen molar-refractivity contribution in [2.24, 2.45) is 0 Å². The number of para-hydroxylation sites is 1. The summed E-state index contributed by atoms with van der Waals surface area (Å²) in [4.78, 5) is 43.1. The summed E-state index contributed by atoms with van der Waals surface area (Å²) in [5.41, 5.74) is 3.84. The number of hydrogen-bond donors (Lipinski definition) is 2. The summed E-state index contributed by atoms with van der Waals surface area (Å²) in [5.74, 6) is 0.644. The molecule has 11 nitrogen and oxygen atoms in total. The van der Waals surface area contributed by atoms with Crippen molar-refractivity contribution in [2.75, 3.05) is 46.8 Å². The number of anilines is 5. The Labute approximate surface area is 262 Å². The van der Waals surface area contributed by atoms with Crippen molar-refractivity contribution < 1.29 is 19.4 Å². The van der Waals surface area contributed by atoms with Gasteiger partial charge in [-0.15, -0.1) is 0 Å². The number of aliphatic hydroxyl groups is 1. The predicted molar refractivity (Wildman–Crippen MR) is 171 cm³/mol. The highest BCUT2D eigenvalue weighted by Gasteiger charge is 2.44. The number of carbonyl (C=O) groups excluding carboxylic acids is 2. The lowest BCUT2D eigenvalue weighted by Crippen LogP contribution is -2.57. The lowest BCUT2D eigenvalue weighted by Gasteiger charge is -2.42. The average Bonchev–Trinajstić information content (AvgIpc) is 3.24. The summed E-state index contributed by atoms with van der Waals surface area (Å²) in [7, 11) is 1.87. The first-order valence-electron chi connectivity index (χ1n) is 14.9. The van der Waals surface area contributed by atoms with Crippen molar-refractivity contribution >= 4 is 52.4 Å². The van der Waals surface area contributed by atoms with E-state index in [0.717, 1.165) is 29.7 Å². The van der Waals surface area contributed by atoms with Gasteiger partial charge in [0.15, 0.2) is 0 Å². The van der Waals surface area contributed by atoms with Gasteiger partial charge in [-0.25, -0.2) is 9.78 Å². The van der Waals surface area contributed by atoms with Crippen molar-refractivity contribution in [2.45, 2.75) is 64.8 Å². The summed E-state index contributed by atoms with van der Waals surface area (Å²) >= 11 is 6.47. The molecule has 2 N–H and O–H groups in total. The molecule has 0 saturated carbocycles. The monoisotopic (exact) mass is 619 g/mol. The molecule has 4 heterocycles. The first-order chi connectivity index (χ1) is 20.9. The van der Waals surface area contributed by atoms with E-state index in [0.29, 0.717) is 53.5 Å². The number of piperazine rings is 1. The van der Waals surface area contributed by atoms with E-state index in [-0.39, 0.29) is 30.7 Å². The summed E-state index contributed by atoms with van der Waals surface area (Å²) in [5, 5.41) is 14.1. The second kappa shape index (κ2) is 11.4. The van der Waals surface area contributed by atoms with Gasteiger partial charge in [0.1, 0.15) is 17.0 Å². The molecule has 3 aromatic rings. The summed E-state index contributed by atoms with van der Waals surface area (Å²) in [6.45, 7) is 9.07. The predicted octanol–water partition coefficient (Wildman–Crippen LogP) is 5.32. The summed E-state index contributed by atoms with van der Waals surface area (Å²) in [6, 6.07) is 11.5. The second-order valence-corrected chi connectivity index (χ2v) is 13.1. The Morgan fingerprint density at radius 3 is 2.55 bits per heavy atom. The van der Waals surface area contributed by atoms with Gasteiger partial charge in [0.25, 0.3) is 5.91 Å². The Morgan fingerprint density at radius 1 is 1.16 bits per heavy atom. The van der Waals surface area contributed by atoms with E-state index < -0.39 is 5.60 Å². The van der Waals surface area contributed by atoms with E-state index in [9.17, 15) is 14.7 Å². The molecule has 6 rings (SSSR count). The van der Waals surface area contributed by atoms with E-state index in [2.05, 4.69) is 20.2 Å². The molecule has 3 aliphatic heterocycles. The zero-order valence-corrected chi connectivity index (χ0v) is 26.4. The van der Waals surface area contributed by atoms with Crippen LogP contribution in [-0.2, 0) is 11.3 Å². The maximum absolute atomic E-state index is 13.5. The number of nitrogens with zero attached hydrogens (tertiary/aromatic N) is 6. The van der Waals surface area contributed by atoms with Crippen molar-refractivity contribution in [3.63, 3.8) is 0 Å². The number of fused-ring (bicyclic) bond motifs is 3. The molecule has 0 spiro atoms. The highest BCUT2D eigenvalue weighted by molar-refractivity contribution is 6.34. The normalized spacial score (nSPS) is 19.8. The Hall–Kier alpha value is -4.09. The van der Waals surface area contributed by atoms with Crippen LogP contribution in [0, 0.1) is 6.92 Å². The fourth-order valence-corrected chi connectivity index (χ4v) is 6.76. The van der Waals surface area contributed by atoms with Crippen molar-refractivity contribution in [3.8, 4) is 0 Å². The third-order valence-corrected chi connectivity index (χ3v) is 8.66. The number of aliphatic hydroxyl groups excluding tert-OH is 1. The van der Waals surface area contributed by atoms with E-state index in [1.807, 2.05) is 74.9 Å². The molecule has 232 valence electrons. The molecule has 2 amide bonds. The average molecular weight is 620 g/mol. The van der Waals surface area contributed by atoms with Crippen LogP contribution >= 0.6 is 11.6 Å². The van der Waals surface area contributed by atoms with Crippen molar-refractivity contribution in [1.82, 2.24) is 14.9 Å². The first kappa shape index (κ1) is 30.0. The van der Waals surface area contributed by atoms with Gasteiger partial charge in [0.05, 0.1) is 36.1 Å². The molecule has 3 aliphatic rings. The Morgan fingerprint density at radius 2 is 1.89 bits per heavy atom. The molecule has 2 unspecified atom stereocenters. The van der Waals surface area contributed by atoms with Gasteiger partial charge in [-0.2, -0.15) is 4.98 Å². The smallest absolute Gasteiger partial charge is 0.410 e. The number of benzene rings is 2. The Kier molecular flexibility index (Phi) is 7.79. The number of aromatic nitrogens is 2. The SMILES string of the molecule is Cc1cccc(Cl)c1N1CN(C)c2nc(Nc3ccc(N4CC5CCC(C4)N5C(=O)OC(C)(C)C)c(CO)c3)ncc2C1=O. The van der Waals surface area contributed by atoms with E-state index in [1.165, 1.54) is 6.20 Å². The molecule has 2 aromatic carbocycles. The number of rotatable bonds is 5. The minimum absolute atomic E-state index is 0.0642. The zero-order valence-electron chi connectivity index (χ0n) is 25.7. The van der Waals surface area contributed by atoms with E-state index >= 15 is 0 Å². The van der Waals surface area contributed by atoms with Crippen LogP contribution in [-0.4, -0.2) is 76.5 Å². The molecule has 2 fully saturated rings. The lowest BCUT2D eigenvalue weighted by molar-refractivity contribution is 0.0123. The molecule has 0 radical (unpaired) electrons.